The fourth-order valence-corrected chi connectivity index (χ4v) is 0.917. The summed E-state index contributed by atoms with van der Waals surface area (Å²) >= 11 is 0. The maximum absolute atomic E-state index is 12.3. The average molecular weight is 189 g/mol. The van der Waals surface area contributed by atoms with Crippen LogP contribution in [0, 0.1) is 0 Å². The lowest BCUT2D eigenvalue weighted by atomic mass is 10.2. The van der Waals surface area contributed by atoms with Gasteiger partial charge in [0.05, 0.1) is 12.3 Å². The van der Waals surface area contributed by atoms with Crippen molar-refractivity contribution in [3.05, 3.63) is 17.3 Å². The minimum absolute atomic E-state index is 0.00157. The van der Waals surface area contributed by atoms with Crippen LogP contribution in [0.5, 0.6) is 0 Å². The first kappa shape index (κ1) is 9.66. The minimum atomic E-state index is -2.76. The molecule has 0 saturated heterocycles. The molecular formula is C7H9F2N3O. The monoisotopic (exact) mass is 189 g/mol. The number of halogens is 2. The van der Waals surface area contributed by atoms with Crippen molar-refractivity contribution in [2.75, 3.05) is 11.5 Å². The molecule has 0 fully saturated rings. The summed E-state index contributed by atoms with van der Waals surface area (Å²) in [7, 11) is 0. The predicted octanol–water partition coefficient (Wildman–Crippen LogP) is 0.676. The van der Waals surface area contributed by atoms with E-state index in [1.165, 1.54) is 6.07 Å². The van der Waals surface area contributed by atoms with E-state index in [0.717, 1.165) is 0 Å². The molecule has 6 heteroatoms. The Morgan fingerprint density at radius 1 is 1.46 bits per heavy atom. The van der Waals surface area contributed by atoms with Crippen LogP contribution in [0.15, 0.2) is 6.07 Å². The normalized spacial score (nSPS) is 10.8. The fourth-order valence-electron chi connectivity index (χ4n) is 0.917. The van der Waals surface area contributed by atoms with Crippen molar-refractivity contribution in [2.45, 2.75) is 13.0 Å². The SMILES string of the molecule is Nc1cc(CO)c(C(F)F)nc1N. The van der Waals surface area contributed by atoms with E-state index in [1.807, 2.05) is 0 Å². The van der Waals surface area contributed by atoms with E-state index in [9.17, 15) is 8.78 Å². The van der Waals surface area contributed by atoms with Crippen molar-refractivity contribution >= 4 is 11.5 Å². The number of alkyl halides is 2. The van der Waals surface area contributed by atoms with Gasteiger partial charge >= 0.3 is 0 Å². The Hall–Kier alpha value is -1.43. The Labute approximate surface area is 73.2 Å². The Balaban J connectivity index is 3.25. The van der Waals surface area contributed by atoms with Crippen LogP contribution in [-0.2, 0) is 6.61 Å². The molecule has 72 valence electrons. The fraction of sp³-hybridized carbons (Fsp3) is 0.286. The topological polar surface area (TPSA) is 85.2 Å². The van der Waals surface area contributed by atoms with Crippen molar-refractivity contribution in [1.29, 1.82) is 0 Å². The second-order valence-electron chi connectivity index (χ2n) is 2.47. The molecule has 5 N–H and O–H groups in total. The largest absolute Gasteiger partial charge is 0.396 e. The van der Waals surface area contributed by atoms with Crippen molar-refractivity contribution in [3.8, 4) is 0 Å². The maximum atomic E-state index is 12.3. The number of nitrogens with two attached hydrogens (primary N) is 2. The van der Waals surface area contributed by atoms with Crippen LogP contribution in [0.3, 0.4) is 0 Å². The maximum Gasteiger partial charge on any atom is 0.280 e. The molecule has 0 aliphatic carbocycles. The van der Waals surface area contributed by atoms with E-state index in [0.29, 0.717) is 0 Å². The molecule has 0 radical (unpaired) electrons. The third-order valence-electron chi connectivity index (χ3n) is 1.57. The number of pyridine rings is 1. The van der Waals surface area contributed by atoms with Crippen LogP contribution in [0.4, 0.5) is 20.3 Å². The number of aliphatic hydroxyl groups excluding tert-OH is 1. The van der Waals surface area contributed by atoms with Crippen LogP contribution >= 0.6 is 0 Å². The highest BCUT2D eigenvalue weighted by atomic mass is 19.3. The second kappa shape index (κ2) is 3.53. The number of anilines is 2. The minimum Gasteiger partial charge on any atom is -0.396 e. The molecule has 4 nitrogen and oxygen atoms in total. The van der Waals surface area contributed by atoms with Gasteiger partial charge in [0.15, 0.2) is 0 Å². The smallest absolute Gasteiger partial charge is 0.280 e. The molecule has 0 unspecified atom stereocenters. The van der Waals surface area contributed by atoms with E-state index >= 15 is 0 Å². The molecule has 0 saturated carbocycles. The lowest BCUT2D eigenvalue weighted by Gasteiger charge is -2.08. The first-order chi connectivity index (χ1) is 6.06. The van der Waals surface area contributed by atoms with Crippen LogP contribution in [0.25, 0.3) is 0 Å². The Kier molecular flexibility index (Phi) is 2.62. The van der Waals surface area contributed by atoms with Crippen molar-refractivity contribution < 1.29 is 13.9 Å². The number of aromatic nitrogens is 1. The highest BCUT2D eigenvalue weighted by Gasteiger charge is 2.16. The van der Waals surface area contributed by atoms with Crippen LogP contribution in [0.1, 0.15) is 17.7 Å². The first-order valence-electron chi connectivity index (χ1n) is 3.50. The zero-order chi connectivity index (χ0) is 10.0. The highest BCUT2D eigenvalue weighted by molar-refractivity contribution is 5.60. The number of nitrogen functional groups attached to an aromatic ring is 2. The quantitative estimate of drug-likeness (QED) is 0.638. The molecule has 1 aromatic heterocycles. The molecule has 13 heavy (non-hydrogen) atoms. The summed E-state index contributed by atoms with van der Waals surface area (Å²) in [4.78, 5) is 3.39. The van der Waals surface area contributed by atoms with Gasteiger partial charge in [-0.3, -0.25) is 0 Å². The second-order valence-corrected chi connectivity index (χ2v) is 2.47. The lowest BCUT2D eigenvalue weighted by Crippen LogP contribution is -2.05. The molecule has 0 spiro atoms. The van der Waals surface area contributed by atoms with Gasteiger partial charge in [-0.1, -0.05) is 0 Å². The molecular weight excluding hydrogens is 180 g/mol. The van der Waals surface area contributed by atoms with Crippen molar-refractivity contribution in [2.24, 2.45) is 0 Å². The number of rotatable bonds is 2. The van der Waals surface area contributed by atoms with Crippen molar-refractivity contribution in [1.82, 2.24) is 4.98 Å². The van der Waals surface area contributed by atoms with Gasteiger partial charge in [0.2, 0.25) is 0 Å². The number of aliphatic hydroxyl groups is 1. The Morgan fingerprint density at radius 2 is 2.08 bits per heavy atom. The number of hydrogen-bond acceptors (Lipinski definition) is 4. The van der Waals surface area contributed by atoms with Crippen LogP contribution in [0.2, 0.25) is 0 Å². The van der Waals surface area contributed by atoms with Crippen molar-refractivity contribution in [3.63, 3.8) is 0 Å². The van der Waals surface area contributed by atoms with Crippen LogP contribution in [-0.4, -0.2) is 10.1 Å². The van der Waals surface area contributed by atoms with Gasteiger partial charge in [0.25, 0.3) is 6.43 Å². The van der Waals surface area contributed by atoms with E-state index in [-0.39, 0.29) is 17.1 Å². The standard InChI is InChI=1S/C7H9F2N3O/c8-6(9)5-3(2-13)1-4(10)7(11)12-5/h1,6,13H,2,10H2,(H2,11,12). The van der Waals surface area contributed by atoms with Gasteiger partial charge in [-0.25, -0.2) is 13.8 Å². The summed E-state index contributed by atoms with van der Waals surface area (Å²) in [6.07, 6.45) is -2.76. The molecule has 0 bridgehead atoms. The highest BCUT2D eigenvalue weighted by Crippen LogP contribution is 2.25. The first-order valence-corrected chi connectivity index (χ1v) is 3.50. The average Bonchev–Trinajstić information content (AvgIpc) is 2.08. The summed E-state index contributed by atoms with van der Waals surface area (Å²) in [5, 5.41) is 8.71. The van der Waals surface area contributed by atoms with Gasteiger partial charge < -0.3 is 16.6 Å². The van der Waals surface area contributed by atoms with E-state index < -0.39 is 18.7 Å². The lowest BCUT2D eigenvalue weighted by molar-refractivity contribution is 0.142. The molecule has 0 aliphatic heterocycles. The molecule has 1 rings (SSSR count). The summed E-state index contributed by atoms with van der Waals surface area (Å²) in [5.74, 6) is -0.146. The summed E-state index contributed by atoms with van der Waals surface area (Å²) < 4.78 is 24.5. The van der Waals surface area contributed by atoms with Gasteiger partial charge in [0.1, 0.15) is 11.5 Å². The Morgan fingerprint density at radius 3 is 2.54 bits per heavy atom. The zero-order valence-corrected chi connectivity index (χ0v) is 6.67. The summed E-state index contributed by atoms with van der Waals surface area (Å²) in [6.45, 7) is -0.531. The third kappa shape index (κ3) is 1.83. The van der Waals surface area contributed by atoms with E-state index in [2.05, 4.69) is 4.98 Å². The summed E-state index contributed by atoms with van der Waals surface area (Å²) in [5.41, 5.74) is 10.1. The van der Waals surface area contributed by atoms with Crippen LogP contribution < -0.4 is 11.5 Å². The van der Waals surface area contributed by atoms with E-state index in [4.69, 9.17) is 16.6 Å². The molecule has 1 heterocycles. The molecule has 0 amide bonds. The summed E-state index contributed by atoms with van der Waals surface area (Å²) in [6, 6.07) is 1.20. The predicted molar refractivity (Wildman–Crippen MR) is 43.9 cm³/mol. The van der Waals surface area contributed by atoms with Gasteiger partial charge in [-0.05, 0) is 6.07 Å². The molecule has 1 aromatic rings. The van der Waals surface area contributed by atoms with Gasteiger partial charge in [0, 0.05) is 5.56 Å². The molecule has 0 aromatic carbocycles. The van der Waals surface area contributed by atoms with Gasteiger partial charge in [-0.2, -0.15) is 0 Å². The molecule has 0 aliphatic rings. The number of hydrogen-bond donors (Lipinski definition) is 3. The van der Waals surface area contributed by atoms with E-state index in [1.54, 1.807) is 0 Å². The zero-order valence-electron chi connectivity index (χ0n) is 6.67. The number of nitrogens with zero attached hydrogens (tertiary/aromatic N) is 1. The third-order valence-corrected chi connectivity index (χ3v) is 1.57. The molecule has 0 atom stereocenters. The Bertz CT molecular complexity index is 317. The van der Waals surface area contributed by atoms with Gasteiger partial charge in [-0.15, -0.1) is 0 Å².